The summed E-state index contributed by atoms with van der Waals surface area (Å²) < 4.78 is 13.3. The van der Waals surface area contributed by atoms with E-state index in [9.17, 15) is 4.39 Å². The lowest BCUT2D eigenvalue weighted by Gasteiger charge is -2.03. The van der Waals surface area contributed by atoms with Gasteiger partial charge in [0.05, 0.1) is 0 Å². The first kappa shape index (κ1) is 10.9. The van der Waals surface area contributed by atoms with Gasteiger partial charge in [-0.25, -0.2) is 9.37 Å². The van der Waals surface area contributed by atoms with Gasteiger partial charge in [0.1, 0.15) is 11.6 Å². The second kappa shape index (κ2) is 4.47. The van der Waals surface area contributed by atoms with Crippen molar-refractivity contribution in [1.29, 1.82) is 0 Å². The Hall–Kier alpha value is -1.64. The average Bonchev–Trinajstić information content (AvgIpc) is 2.63. The summed E-state index contributed by atoms with van der Waals surface area (Å²) in [5.41, 5.74) is 3.02. The molecule has 1 N–H and O–H groups in total. The molecule has 0 aliphatic rings. The minimum Gasteiger partial charge on any atom is -0.346 e. The number of aryl methyl sites for hydroxylation is 2. The van der Waals surface area contributed by atoms with Gasteiger partial charge in [-0.1, -0.05) is 13.0 Å². The van der Waals surface area contributed by atoms with Crippen molar-refractivity contribution < 1.29 is 4.39 Å². The van der Waals surface area contributed by atoms with Crippen molar-refractivity contribution in [2.45, 2.75) is 26.7 Å². The number of benzene rings is 1. The lowest BCUT2D eigenvalue weighted by atomic mass is 10.1. The molecule has 1 aromatic carbocycles. The minimum absolute atomic E-state index is 0.169. The van der Waals surface area contributed by atoms with Gasteiger partial charge in [-0.3, -0.25) is 0 Å². The van der Waals surface area contributed by atoms with E-state index < -0.39 is 0 Å². The Morgan fingerprint density at radius 1 is 1.25 bits per heavy atom. The van der Waals surface area contributed by atoms with Crippen LogP contribution in [0, 0.1) is 12.7 Å². The molecular formula is C13H15FN2. The van der Waals surface area contributed by atoms with E-state index in [0.717, 1.165) is 29.1 Å². The number of aromatic nitrogens is 2. The first-order chi connectivity index (χ1) is 7.67. The topological polar surface area (TPSA) is 28.7 Å². The highest BCUT2D eigenvalue weighted by Gasteiger charge is 2.03. The summed E-state index contributed by atoms with van der Waals surface area (Å²) in [6.07, 6.45) is 3.29. The maximum absolute atomic E-state index is 13.3. The van der Waals surface area contributed by atoms with Crippen molar-refractivity contribution in [2.24, 2.45) is 0 Å². The van der Waals surface area contributed by atoms with Gasteiger partial charge < -0.3 is 4.98 Å². The Morgan fingerprint density at radius 3 is 2.62 bits per heavy atom. The molecule has 3 heteroatoms. The zero-order valence-corrected chi connectivity index (χ0v) is 9.55. The fraction of sp³-hybridized carbons (Fsp3) is 0.308. The number of hydrogen-bond acceptors (Lipinski definition) is 1. The SMILES string of the molecule is CCc1cc(F)cc(Cc2ncc(C)[nH]2)c1. The third-order valence-corrected chi connectivity index (χ3v) is 2.55. The van der Waals surface area contributed by atoms with E-state index in [2.05, 4.69) is 9.97 Å². The predicted octanol–water partition coefficient (Wildman–Crippen LogP) is 3.01. The highest BCUT2D eigenvalue weighted by molar-refractivity contribution is 5.27. The molecular weight excluding hydrogens is 203 g/mol. The van der Waals surface area contributed by atoms with Crippen LogP contribution in [0.25, 0.3) is 0 Å². The third-order valence-electron chi connectivity index (χ3n) is 2.55. The molecule has 84 valence electrons. The lowest BCUT2D eigenvalue weighted by molar-refractivity contribution is 0.623. The molecule has 0 atom stereocenters. The van der Waals surface area contributed by atoms with Crippen LogP contribution in [0.1, 0.15) is 29.6 Å². The molecule has 2 aromatic rings. The molecule has 0 radical (unpaired) electrons. The monoisotopic (exact) mass is 218 g/mol. The van der Waals surface area contributed by atoms with E-state index in [0.29, 0.717) is 6.42 Å². The molecule has 2 nitrogen and oxygen atoms in total. The van der Waals surface area contributed by atoms with Gasteiger partial charge in [0, 0.05) is 18.3 Å². The summed E-state index contributed by atoms with van der Waals surface area (Å²) in [5, 5.41) is 0. The molecule has 1 aromatic heterocycles. The van der Waals surface area contributed by atoms with Gasteiger partial charge in [0.25, 0.3) is 0 Å². The Kier molecular flexibility index (Phi) is 3.04. The van der Waals surface area contributed by atoms with E-state index in [1.54, 1.807) is 18.3 Å². The fourth-order valence-corrected chi connectivity index (χ4v) is 1.77. The van der Waals surface area contributed by atoms with Crippen molar-refractivity contribution in [2.75, 3.05) is 0 Å². The number of rotatable bonds is 3. The van der Waals surface area contributed by atoms with E-state index in [1.807, 2.05) is 19.9 Å². The normalized spacial score (nSPS) is 10.7. The van der Waals surface area contributed by atoms with E-state index in [1.165, 1.54) is 0 Å². The van der Waals surface area contributed by atoms with Gasteiger partial charge in [-0.15, -0.1) is 0 Å². The molecule has 0 spiro atoms. The molecule has 0 saturated heterocycles. The first-order valence-electron chi connectivity index (χ1n) is 5.46. The maximum Gasteiger partial charge on any atom is 0.123 e. The van der Waals surface area contributed by atoms with Crippen LogP contribution < -0.4 is 0 Å². The molecule has 0 amide bonds. The van der Waals surface area contributed by atoms with Crippen LogP contribution in [0.2, 0.25) is 0 Å². The fourth-order valence-electron chi connectivity index (χ4n) is 1.77. The minimum atomic E-state index is -0.169. The highest BCUT2D eigenvalue weighted by Crippen LogP contribution is 2.13. The number of imidazole rings is 1. The standard InChI is InChI=1S/C13H15FN2/c1-3-10-4-11(6-12(14)5-10)7-13-15-8-9(2)16-13/h4-6,8H,3,7H2,1-2H3,(H,15,16). The first-order valence-corrected chi connectivity index (χ1v) is 5.46. The maximum atomic E-state index is 13.3. The molecule has 0 aliphatic heterocycles. The van der Waals surface area contributed by atoms with Gasteiger partial charge in [-0.05, 0) is 36.6 Å². The molecule has 2 rings (SSSR count). The van der Waals surface area contributed by atoms with Crippen LogP contribution in [0.15, 0.2) is 24.4 Å². The van der Waals surface area contributed by atoms with Gasteiger partial charge in [0.2, 0.25) is 0 Å². The van der Waals surface area contributed by atoms with Gasteiger partial charge in [-0.2, -0.15) is 0 Å². The van der Waals surface area contributed by atoms with Crippen molar-refractivity contribution in [3.8, 4) is 0 Å². The quantitative estimate of drug-likeness (QED) is 0.842. The molecule has 0 bridgehead atoms. The summed E-state index contributed by atoms with van der Waals surface area (Å²) in [6.45, 7) is 3.98. The molecule has 0 aliphatic carbocycles. The van der Waals surface area contributed by atoms with E-state index >= 15 is 0 Å². The summed E-state index contributed by atoms with van der Waals surface area (Å²) in [6, 6.07) is 5.18. The largest absolute Gasteiger partial charge is 0.346 e. The number of halogens is 1. The van der Waals surface area contributed by atoms with E-state index in [-0.39, 0.29) is 5.82 Å². The van der Waals surface area contributed by atoms with Crippen LogP contribution in [-0.4, -0.2) is 9.97 Å². The van der Waals surface area contributed by atoms with Crippen molar-refractivity contribution >= 4 is 0 Å². The smallest absolute Gasteiger partial charge is 0.123 e. The van der Waals surface area contributed by atoms with Crippen LogP contribution in [-0.2, 0) is 12.8 Å². The van der Waals surface area contributed by atoms with Crippen LogP contribution in [0.4, 0.5) is 4.39 Å². The van der Waals surface area contributed by atoms with Crippen LogP contribution in [0.3, 0.4) is 0 Å². The number of nitrogens with one attached hydrogen (secondary N) is 1. The number of hydrogen-bond donors (Lipinski definition) is 1. The van der Waals surface area contributed by atoms with Gasteiger partial charge >= 0.3 is 0 Å². The number of aromatic amines is 1. The molecule has 0 unspecified atom stereocenters. The number of H-pyrrole nitrogens is 1. The summed E-state index contributed by atoms with van der Waals surface area (Å²) in [5.74, 6) is 0.711. The third kappa shape index (κ3) is 2.48. The Bertz CT molecular complexity index is 488. The van der Waals surface area contributed by atoms with Crippen molar-refractivity contribution in [3.63, 3.8) is 0 Å². The summed E-state index contributed by atoms with van der Waals surface area (Å²) in [7, 11) is 0. The highest BCUT2D eigenvalue weighted by atomic mass is 19.1. The zero-order valence-electron chi connectivity index (χ0n) is 9.55. The second-order valence-electron chi connectivity index (χ2n) is 4.01. The molecule has 0 saturated carbocycles. The molecule has 1 heterocycles. The second-order valence-corrected chi connectivity index (χ2v) is 4.01. The zero-order chi connectivity index (χ0) is 11.5. The lowest BCUT2D eigenvalue weighted by Crippen LogP contribution is -1.94. The van der Waals surface area contributed by atoms with E-state index in [4.69, 9.17) is 0 Å². The average molecular weight is 218 g/mol. The Labute approximate surface area is 94.5 Å². The predicted molar refractivity (Wildman–Crippen MR) is 61.9 cm³/mol. The molecule has 16 heavy (non-hydrogen) atoms. The summed E-state index contributed by atoms with van der Waals surface area (Å²) in [4.78, 5) is 7.37. The Balaban J connectivity index is 2.24. The molecule has 0 fully saturated rings. The van der Waals surface area contributed by atoms with Crippen LogP contribution in [0.5, 0.6) is 0 Å². The van der Waals surface area contributed by atoms with Crippen molar-refractivity contribution in [1.82, 2.24) is 9.97 Å². The van der Waals surface area contributed by atoms with Gasteiger partial charge in [0.15, 0.2) is 0 Å². The summed E-state index contributed by atoms with van der Waals surface area (Å²) >= 11 is 0. The van der Waals surface area contributed by atoms with Crippen LogP contribution >= 0.6 is 0 Å². The van der Waals surface area contributed by atoms with Crippen molar-refractivity contribution in [3.05, 3.63) is 52.9 Å². The Morgan fingerprint density at radius 2 is 2.00 bits per heavy atom. The number of nitrogens with zero attached hydrogens (tertiary/aromatic N) is 1.